The highest BCUT2D eigenvalue weighted by atomic mass is 16.5. The zero-order valence-electron chi connectivity index (χ0n) is 17.0. The number of ether oxygens (including phenoxy) is 1. The van der Waals surface area contributed by atoms with Crippen molar-refractivity contribution in [2.75, 3.05) is 25.5 Å². The minimum Gasteiger partial charge on any atom is -0.495 e. The molecule has 0 bridgehead atoms. The van der Waals surface area contributed by atoms with Gasteiger partial charge < -0.3 is 20.1 Å². The van der Waals surface area contributed by atoms with E-state index in [-0.39, 0.29) is 11.9 Å². The van der Waals surface area contributed by atoms with E-state index in [4.69, 9.17) is 4.74 Å². The molecule has 2 atom stereocenters. The summed E-state index contributed by atoms with van der Waals surface area (Å²) >= 11 is 0. The van der Waals surface area contributed by atoms with Crippen LogP contribution in [0.5, 0.6) is 5.75 Å². The number of anilines is 1. The van der Waals surface area contributed by atoms with E-state index in [1.54, 1.807) is 19.2 Å². The summed E-state index contributed by atoms with van der Waals surface area (Å²) in [5, 5.41) is 15.0. The summed E-state index contributed by atoms with van der Waals surface area (Å²) in [6.45, 7) is 5.04. The molecule has 1 aliphatic heterocycles. The third-order valence-electron chi connectivity index (χ3n) is 5.79. The molecule has 6 nitrogen and oxygen atoms in total. The standard InChI is InChI=1S/C23H27N3O3/c1-14-23-18(17-6-4-5-7-19(17)25-23)10-11-26(14)13-21(28)16-8-9-22(29-3)20(12-16)24-15(2)27/h4-9,12,14,21,25,28H,10-11,13H2,1-3H3,(H,24,27)/t14-,21+/m0/s1. The molecule has 1 amide bonds. The minimum atomic E-state index is -0.665. The number of fused-ring (bicyclic) bond motifs is 3. The van der Waals surface area contributed by atoms with Gasteiger partial charge in [0.2, 0.25) is 5.91 Å². The molecule has 1 aliphatic rings. The molecule has 0 spiro atoms. The van der Waals surface area contributed by atoms with E-state index in [2.05, 4.69) is 40.3 Å². The number of β-amino-alcohol motifs (C(OH)–C–C–N with tert-alkyl or cyclic N) is 1. The molecule has 1 aromatic heterocycles. The molecule has 0 saturated heterocycles. The number of aliphatic hydroxyl groups excluding tert-OH is 1. The van der Waals surface area contributed by atoms with Crippen molar-refractivity contribution in [3.8, 4) is 5.75 Å². The van der Waals surface area contributed by atoms with Gasteiger partial charge in [-0.2, -0.15) is 0 Å². The fourth-order valence-electron chi connectivity index (χ4n) is 4.28. The maximum absolute atomic E-state index is 11.5. The zero-order chi connectivity index (χ0) is 20.5. The number of hydrogen-bond donors (Lipinski definition) is 3. The van der Waals surface area contributed by atoms with E-state index >= 15 is 0 Å². The number of aromatic nitrogens is 1. The maximum atomic E-state index is 11.5. The van der Waals surface area contributed by atoms with Gasteiger partial charge in [-0.1, -0.05) is 24.3 Å². The number of aromatic amines is 1. The summed E-state index contributed by atoms with van der Waals surface area (Å²) in [5.74, 6) is 0.399. The molecule has 3 N–H and O–H groups in total. The first kappa shape index (κ1) is 19.5. The summed E-state index contributed by atoms with van der Waals surface area (Å²) in [7, 11) is 1.56. The Morgan fingerprint density at radius 2 is 2.14 bits per heavy atom. The average molecular weight is 393 g/mol. The van der Waals surface area contributed by atoms with Crippen LogP contribution in [0.1, 0.15) is 42.8 Å². The zero-order valence-corrected chi connectivity index (χ0v) is 17.0. The van der Waals surface area contributed by atoms with Crippen LogP contribution >= 0.6 is 0 Å². The third-order valence-corrected chi connectivity index (χ3v) is 5.79. The van der Waals surface area contributed by atoms with Crippen molar-refractivity contribution < 1.29 is 14.6 Å². The van der Waals surface area contributed by atoms with Gasteiger partial charge in [0.15, 0.2) is 0 Å². The van der Waals surface area contributed by atoms with Gasteiger partial charge in [0.1, 0.15) is 5.75 Å². The van der Waals surface area contributed by atoms with Gasteiger partial charge in [-0.25, -0.2) is 0 Å². The number of nitrogens with zero attached hydrogens (tertiary/aromatic N) is 1. The Hall–Kier alpha value is -2.83. The lowest BCUT2D eigenvalue weighted by Crippen LogP contribution is -2.36. The number of hydrogen-bond acceptors (Lipinski definition) is 4. The molecule has 0 radical (unpaired) electrons. The van der Waals surface area contributed by atoms with Gasteiger partial charge in [0.05, 0.1) is 18.9 Å². The second-order valence-electron chi connectivity index (χ2n) is 7.64. The number of para-hydroxylation sites is 1. The molecular formula is C23H27N3O3. The van der Waals surface area contributed by atoms with Crippen LogP contribution in [0, 0.1) is 0 Å². The molecule has 0 fully saturated rings. The second-order valence-corrected chi connectivity index (χ2v) is 7.64. The maximum Gasteiger partial charge on any atom is 0.221 e. The van der Waals surface area contributed by atoms with E-state index in [9.17, 15) is 9.90 Å². The molecule has 3 aromatic rings. The van der Waals surface area contributed by atoms with E-state index in [0.29, 0.717) is 18.0 Å². The van der Waals surface area contributed by atoms with Crippen molar-refractivity contribution in [1.82, 2.24) is 9.88 Å². The van der Waals surface area contributed by atoms with Crippen LogP contribution in [-0.2, 0) is 11.2 Å². The predicted octanol–water partition coefficient (Wildman–Crippen LogP) is 3.79. The lowest BCUT2D eigenvalue weighted by Gasteiger charge is -2.35. The molecule has 2 aromatic carbocycles. The van der Waals surface area contributed by atoms with Crippen molar-refractivity contribution in [3.05, 3.63) is 59.3 Å². The van der Waals surface area contributed by atoms with E-state index in [1.807, 2.05) is 12.1 Å². The van der Waals surface area contributed by atoms with E-state index in [0.717, 1.165) is 18.5 Å². The Kier molecular flexibility index (Phi) is 5.30. The van der Waals surface area contributed by atoms with Crippen LogP contribution in [0.4, 0.5) is 5.69 Å². The summed E-state index contributed by atoms with van der Waals surface area (Å²) in [6.07, 6.45) is 0.290. The Morgan fingerprint density at radius 1 is 1.34 bits per heavy atom. The number of benzene rings is 2. The molecular weight excluding hydrogens is 366 g/mol. The van der Waals surface area contributed by atoms with Crippen molar-refractivity contribution in [1.29, 1.82) is 0 Å². The Labute approximate surface area is 170 Å². The highest BCUT2D eigenvalue weighted by Crippen LogP contribution is 2.35. The first-order valence-corrected chi connectivity index (χ1v) is 9.95. The normalized spacial score (nSPS) is 17.7. The molecule has 6 heteroatoms. The summed E-state index contributed by atoms with van der Waals surface area (Å²) in [5.41, 5.74) is 5.11. The largest absolute Gasteiger partial charge is 0.495 e. The van der Waals surface area contributed by atoms with Crippen LogP contribution in [0.25, 0.3) is 10.9 Å². The molecule has 2 heterocycles. The lowest BCUT2D eigenvalue weighted by molar-refractivity contribution is -0.114. The van der Waals surface area contributed by atoms with Gasteiger partial charge in [-0.3, -0.25) is 9.69 Å². The summed E-state index contributed by atoms with van der Waals surface area (Å²) in [4.78, 5) is 17.3. The summed E-state index contributed by atoms with van der Waals surface area (Å²) in [6, 6.07) is 14.0. The highest BCUT2D eigenvalue weighted by molar-refractivity contribution is 5.90. The van der Waals surface area contributed by atoms with Gasteiger partial charge in [-0.15, -0.1) is 0 Å². The third kappa shape index (κ3) is 3.73. The molecule has 4 rings (SSSR count). The van der Waals surface area contributed by atoms with E-state index in [1.165, 1.54) is 29.1 Å². The Morgan fingerprint density at radius 3 is 2.90 bits per heavy atom. The Bertz CT molecular complexity index is 1040. The Balaban J connectivity index is 1.54. The smallest absolute Gasteiger partial charge is 0.221 e. The van der Waals surface area contributed by atoms with Gasteiger partial charge in [0.25, 0.3) is 0 Å². The number of H-pyrrole nitrogens is 1. The SMILES string of the molecule is COc1ccc([C@H](O)CN2CCc3c([nH]c4ccccc34)[C@@H]2C)cc1NC(C)=O. The van der Waals surface area contributed by atoms with Crippen LogP contribution in [0.15, 0.2) is 42.5 Å². The van der Waals surface area contributed by atoms with Gasteiger partial charge >= 0.3 is 0 Å². The molecule has 0 aliphatic carbocycles. The quantitative estimate of drug-likeness (QED) is 0.616. The second kappa shape index (κ2) is 7.89. The fourth-order valence-corrected chi connectivity index (χ4v) is 4.28. The molecule has 0 unspecified atom stereocenters. The first-order chi connectivity index (χ1) is 14.0. The number of nitrogens with one attached hydrogen (secondary N) is 2. The number of carbonyl (C=O) groups excluding carboxylic acids is 1. The highest BCUT2D eigenvalue weighted by Gasteiger charge is 2.28. The molecule has 0 saturated carbocycles. The number of amides is 1. The predicted molar refractivity (Wildman–Crippen MR) is 114 cm³/mol. The van der Waals surface area contributed by atoms with Crippen LogP contribution in [0.2, 0.25) is 0 Å². The van der Waals surface area contributed by atoms with Crippen molar-refractivity contribution in [2.45, 2.75) is 32.4 Å². The minimum absolute atomic E-state index is 0.175. The lowest BCUT2D eigenvalue weighted by atomic mass is 9.97. The van der Waals surface area contributed by atoms with Crippen LogP contribution in [-0.4, -0.2) is 41.1 Å². The number of methoxy groups -OCH3 is 1. The summed E-state index contributed by atoms with van der Waals surface area (Å²) < 4.78 is 5.30. The van der Waals surface area contributed by atoms with Gasteiger partial charge in [0, 0.05) is 42.7 Å². The number of carbonyl (C=O) groups is 1. The molecule has 29 heavy (non-hydrogen) atoms. The topological polar surface area (TPSA) is 77.6 Å². The van der Waals surface area contributed by atoms with Crippen molar-refractivity contribution in [2.24, 2.45) is 0 Å². The monoisotopic (exact) mass is 393 g/mol. The van der Waals surface area contributed by atoms with E-state index < -0.39 is 6.10 Å². The number of rotatable bonds is 5. The fraction of sp³-hybridized carbons (Fsp3) is 0.348. The number of aliphatic hydroxyl groups is 1. The van der Waals surface area contributed by atoms with Gasteiger partial charge in [-0.05, 0) is 42.7 Å². The average Bonchev–Trinajstić information content (AvgIpc) is 3.09. The van der Waals surface area contributed by atoms with Crippen molar-refractivity contribution >= 4 is 22.5 Å². The van der Waals surface area contributed by atoms with Crippen molar-refractivity contribution in [3.63, 3.8) is 0 Å². The molecule has 152 valence electrons. The van der Waals surface area contributed by atoms with Crippen LogP contribution in [0.3, 0.4) is 0 Å². The first-order valence-electron chi connectivity index (χ1n) is 9.95. The van der Waals surface area contributed by atoms with Crippen LogP contribution < -0.4 is 10.1 Å².